The molecular formula is C16H28N4O2. The Balaban J connectivity index is 1.91. The van der Waals surface area contributed by atoms with E-state index in [0.29, 0.717) is 0 Å². The number of carbonyl (C=O) groups is 1. The lowest BCUT2D eigenvalue weighted by molar-refractivity contribution is 0.0497. The Morgan fingerprint density at radius 2 is 2.09 bits per heavy atom. The van der Waals surface area contributed by atoms with Gasteiger partial charge in [0.15, 0.2) is 0 Å². The average molecular weight is 308 g/mol. The zero-order chi connectivity index (χ0) is 16.3. The standard InChI is InChI=1S/C16H28N4O2/c1-11(14-9-10-17-20(14)5)18-12-7-6-8-13(12)19-15(21)22-16(2,3)4/h9-13,18H,6-8H2,1-5H3,(H,19,21). The molecule has 6 heteroatoms. The third-order valence-electron chi connectivity index (χ3n) is 3.98. The highest BCUT2D eigenvalue weighted by molar-refractivity contribution is 5.68. The van der Waals surface area contributed by atoms with E-state index in [2.05, 4.69) is 22.7 Å². The van der Waals surface area contributed by atoms with E-state index in [1.807, 2.05) is 38.6 Å². The fourth-order valence-corrected chi connectivity index (χ4v) is 3.01. The summed E-state index contributed by atoms with van der Waals surface area (Å²) in [6.45, 7) is 7.75. The third kappa shape index (κ3) is 4.47. The summed E-state index contributed by atoms with van der Waals surface area (Å²) >= 11 is 0. The number of alkyl carbamates (subject to hydrolysis) is 1. The summed E-state index contributed by atoms with van der Waals surface area (Å²) in [5.41, 5.74) is 0.677. The van der Waals surface area contributed by atoms with E-state index in [0.717, 1.165) is 25.0 Å². The highest BCUT2D eigenvalue weighted by atomic mass is 16.6. The minimum atomic E-state index is -0.465. The first kappa shape index (κ1) is 16.8. The van der Waals surface area contributed by atoms with Crippen LogP contribution in [0.15, 0.2) is 12.3 Å². The van der Waals surface area contributed by atoms with Crippen LogP contribution in [0, 0.1) is 0 Å². The summed E-state index contributed by atoms with van der Waals surface area (Å²) in [5, 5.41) is 10.8. The lowest BCUT2D eigenvalue weighted by Crippen LogP contribution is -2.48. The maximum absolute atomic E-state index is 12.0. The first-order valence-corrected chi connectivity index (χ1v) is 8.00. The fourth-order valence-electron chi connectivity index (χ4n) is 3.01. The Morgan fingerprint density at radius 1 is 1.41 bits per heavy atom. The number of rotatable bonds is 4. The Kier molecular flexibility index (Phi) is 5.11. The molecule has 1 fully saturated rings. The molecule has 1 aromatic rings. The van der Waals surface area contributed by atoms with Gasteiger partial charge >= 0.3 is 6.09 Å². The molecular weight excluding hydrogens is 280 g/mol. The van der Waals surface area contributed by atoms with E-state index in [4.69, 9.17) is 4.74 Å². The molecule has 0 spiro atoms. The van der Waals surface area contributed by atoms with Gasteiger partial charge in [-0.3, -0.25) is 4.68 Å². The van der Waals surface area contributed by atoms with Crippen molar-refractivity contribution < 1.29 is 9.53 Å². The molecule has 124 valence electrons. The number of aromatic nitrogens is 2. The Morgan fingerprint density at radius 3 is 2.68 bits per heavy atom. The van der Waals surface area contributed by atoms with Crippen LogP contribution in [0.25, 0.3) is 0 Å². The minimum Gasteiger partial charge on any atom is -0.444 e. The zero-order valence-electron chi connectivity index (χ0n) is 14.2. The predicted molar refractivity (Wildman–Crippen MR) is 85.6 cm³/mol. The molecule has 0 aliphatic heterocycles. The molecule has 1 amide bonds. The van der Waals surface area contributed by atoms with Crippen molar-refractivity contribution in [1.29, 1.82) is 0 Å². The summed E-state index contributed by atoms with van der Waals surface area (Å²) in [6, 6.07) is 2.59. The lowest BCUT2D eigenvalue weighted by atomic mass is 10.1. The van der Waals surface area contributed by atoms with Gasteiger partial charge in [-0.05, 0) is 53.0 Å². The van der Waals surface area contributed by atoms with Crippen LogP contribution < -0.4 is 10.6 Å². The van der Waals surface area contributed by atoms with Gasteiger partial charge in [0.1, 0.15) is 5.60 Å². The molecule has 6 nitrogen and oxygen atoms in total. The first-order chi connectivity index (χ1) is 10.3. The number of nitrogens with zero attached hydrogens (tertiary/aromatic N) is 2. The SMILES string of the molecule is CC(NC1CCCC1NC(=O)OC(C)(C)C)c1ccnn1C. The van der Waals surface area contributed by atoms with Crippen LogP contribution >= 0.6 is 0 Å². The zero-order valence-corrected chi connectivity index (χ0v) is 14.2. The van der Waals surface area contributed by atoms with Crippen molar-refractivity contribution in [3.05, 3.63) is 18.0 Å². The number of aryl methyl sites for hydroxylation is 1. The van der Waals surface area contributed by atoms with Crippen LogP contribution in [0.1, 0.15) is 58.7 Å². The van der Waals surface area contributed by atoms with Crippen LogP contribution in [0.2, 0.25) is 0 Å². The van der Waals surface area contributed by atoms with Gasteiger partial charge in [-0.1, -0.05) is 0 Å². The van der Waals surface area contributed by atoms with Crippen molar-refractivity contribution in [1.82, 2.24) is 20.4 Å². The van der Waals surface area contributed by atoms with Crippen LogP contribution in [-0.4, -0.2) is 33.6 Å². The van der Waals surface area contributed by atoms with Gasteiger partial charge in [-0.25, -0.2) is 4.79 Å². The van der Waals surface area contributed by atoms with E-state index >= 15 is 0 Å². The quantitative estimate of drug-likeness (QED) is 0.897. The summed E-state index contributed by atoms with van der Waals surface area (Å²) < 4.78 is 7.23. The molecule has 3 atom stereocenters. The molecule has 1 saturated carbocycles. The number of carbonyl (C=O) groups excluding carboxylic acids is 1. The molecule has 0 saturated heterocycles. The van der Waals surface area contributed by atoms with Crippen LogP contribution in [-0.2, 0) is 11.8 Å². The van der Waals surface area contributed by atoms with E-state index in [9.17, 15) is 4.79 Å². The second-order valence-corrected chi connectivity index (χ2v) is 7.06. The summed E-state index contributed by atoms with van der Waals surface area (Å²) in [6.07, 6.45) is 4.62. The van der Waals surface area contributed by atoms with Crippen molar-refractivity contribution in [2.45, 2.75) is 70.7 Å². The molecule has 2 N–H and O–H groups in total. The van der Waals surface area contributed by atoms with Crippen LogP contribution in [0.3, 0.4) is 0 Å². The van der Waals surface area contributed by atoms with Crippen molar-refractivity contribution in [2.24, 2.45) is 7.05 Å². The summed E-state index contributed by atoms with van der Waals surface area (Å²) in [4.78, 5) is 12.0. The Hall–Kier alpha value is -1.56. The number of hydrogen-bond donors (Lipinski definition) is 2. The van der Waals surface area contributed by atoms with Gasteiger partial charge in [0.25, 0.3) is 0 Å². The van der Waals surface area contributed by atoms with E-state index < -0.39 is 5.60 Å². The number of ether oxygens (including phenoxy) is 1. The van der Waals surface area contributed by atoms with Gasteiger partial charge in [-0.2, -0.15) is 5.10 Å². The van der Waals surface area contributed by atoms with Gasteiger partial charge in [-0.15, -0.1) is 0 Å². The molecule has 0 radical (unpaired) electrons. The third-order valence-corrected chi connectivity index (χ3v) is 3.98. The van der Waals surface area contributed by atoms with Crippen molar-refractivity contribution >= 4 is 6.09 Å². The normalized spacial score (nSPS) is 23.3. The molecule has 0 bridgehead atoms. The fraction of sp³-hybridized carbons (Fsp3) is 0.750. The van der Waals surface area contributed by atoms with Crippen molar-refractivity contribution in [3.63, 3.8) is 0 Å². The molecule has 1 heterocycles. The second kappa shape index (κ2) is 6.69. The Bertz CT molecular complexity index is 506. The van der Waals surface area contributed by atoms with Gasteiger partial charge in [0.05, 0.1) is 5.69 Å². The second-order valence-electron chi connectivity index (χ2n) is 7.06. The molecule has 0 aromatic carbocycles. The number of hydrogen-bond acceptors (Lipinski definition) is 4. The number of amides is 1. The molecule has 2 rings (SSSR count). The molecule has 1 aliphatic rings. The van der Waals surface area contributed by atoms with Crippen molar-refractivity contribution in [3.8, 4) is 0 Å². The maximum atomic E-state index is 12.0. The topological polar surface area (TPSA) is 68.2 Å². The highest BCUT2D eigenvalue weighted by Crippen LogP contribution is 2.23. The largest absolute Gasteiger partial charge is 0.444 e. The molecule has 3 unspecified atom stereocenters. The predicted octanol–water partition coefficient (Wildman–Crippen LogP) is 2.52. The van der Waals surface area contributed by atoms with Gasteiger partial charge in [0, 0.05) is 31.4 Å². The molecule has 22 heavy (non-hydrogen) atoms. The lowest BCUT2D eigenvalue weighted by Gasteiger charge is -2.27. The van der Waals surface area contributed by atoms with Crippen LogP contribution in [0.4, 0.5) is 4.79 Å². The maximum Gasteiger partial charge on any atom is 0.407 e. The smallest absolute Gasteiger partial charge is 0.407 e. The number of nitrogens with one attached hydrogen (secondary N) is 2. The first-order valence-electron chi connectivity index (χ1n) is 8.00. The summed E-state index contributed by atoms with van der Waals surface area (Å²) in [5.74, 6) is 0. The van der Waals surface area contributed by atoms with Crippen molar-refractivity contribution in [2.75, 3.05) is 0 Å². The van der Waals surface area contributed by atoms with Gasteiger partial charge in [0.2, 0.25) is 0 Å². The monoisotopic (exact) mass is 308 g/mol. The Labute approximate surface area is 132 Å². The van der Waals surface area contributed by atoms with Gasteiger partial charge < -0.3 is 15.4 Å². The average Bonchev–Trinajstić information content (AvgIpc) is 2.96. The summed E-state index contributed by atoms with van der Waals surface area (Å²) in [7, 11) is 1.94. The highest BCUT2D eigenvalue weighted by Gasteiger charge is 2.31. The van der Waals surface area contributed by atoms with E-state index in [-0.39, 0.29) is 24.2 Å². The van der Waals surface area contributed by atoms with E-state index in [1.165, 1.54) is 0 Å². The molecule has 1 aromatic heterocycles. The van der Waals surface area contributed by atoms with Crippen LogP contribution in [0.5, 0.6) is 0 Å². The van der Waals surface area contributed by atoms with E-state index in [1.54, 1.807) is 6.20 Å². The molecule has 1 aliphatic carbocycles. The minimum absolute atomic E-state index is 0.116.